The van der Waals surface area contributed by atoms with Crippen molar-refractivity contribution in [1.82, 2.24) is 0 Å². The minimum Gasteiger partial charge on any atom is -0.423 e. The van der Waals surface area contributed by atoms with Gasteiger partial charge in [0.2, 0.25) is 0 Å². The molecule has 0 saturated heterocycles. The van der Waals surface area contributed by atoms with Crippen molar-refractivity contribution in [2.45, 2.75) is 0 Å². The van der Waals surface area contributed by atoms with Crippen LogP contribution in [-0.2, 0) is 0 Å². The zero-order chi connectivity index (χ0) is 64.5. The zero-order valence-corrected chi connectivity index (χ0v) is 54.1. The Kier molecular flexibility index (Phi) is 16.2. The van der Waals surface area contributed by atoms with Crippen LogP contribution in [0.15, 0.2) is 368 Å². The lowest BCUT2D eigenvalue weighted by Gasteiger charge is -2.18. The molecule has 0 saturated carbocycles. The topological polar surface area (TPSA) is 40.5 Å². The summed E-state index contributed by atoms with van der Waals surface area (Å²) in [5.41, 5.74) is 17.4. The number of rotatable bonds is 8. The van der Waals surface area contributed by atoms with Crippen molar-refractivity contribution in [2.75, 3.05) is 0 Å². The van der Waals surface area contributed by atoms with Gasteiger partial charge >= 0.3 is 7.12 Å². The highest BCUT2D eigenvalue weighted by Crippen LogP contribution is 2.46. The van der Waals surface area contributed by atoms with Gasteiger partial charge in [0.25, 0.3) is 0 Å². The Morgan fingerprint density at radius 1 is 0.188 bits per heavy atom. The lowest BCUT2D eigenvalue weighted by Crippen LogP contribution is -2.29. The summed E-state index contributed by atoms with van der Waals surface area (Å²) in [7, 11) is -1.46. The van der Waals surface area contributed by atoms with E-state index in [1.54, 1.807) is 6.07 Å². The Balaban J connectivity index is 0.000000123. The molecule has 0 heterocycles. The van der Waals surface area contributed by atoms with Gasteiger partial charge in [-0.15, -0.1) is 0 Å². The van der Waals surface area contributed by atoms with Crippen LogP contribution >= 0.6 is 15.9 Å². The molecular formula is C92H62BBrO2. The van der Waals surface area contributed by atoms with Crippen molar-refractivity contribution >= 4 is 115 Å². The lowest BCUT2D eigenvalue weighted by molar-refractivity contribution is 0.426. The van der Waals surface area contributed by atoms with E-state index in [9.17, 15) is 10.0 Å². The molecule has 0 spiro atoms. The zero-order valence-electron chi connectivity index (χ0n) is 52.5. The molecule has 0 aliphatic rings. The molecule has 18 aromatic carbocycles. The summed E-state index contributed by atoms with van der Waals surface area (Å²) in [5, 5.41) is 39.0. The van der Waals surface area contributed by atoms with Gasteiger partial charge in [-0.1, -0.05) is 334 Å². The summed E-state index contributed by atoms with van der Waals surface area (Å²) >= 11 is 3.83. The number of hydrogen-bond acceptors (Lipinski definition) is 2. The summed E-state index contributed by atoms with van der Waals surface area (Å²) < 4.78 is 1.17. The molecule has 96 heavy (non-hydrogen) atoms. The molecule has 0 fully saturated rings. The van der Waals surface area contributed by atoms with E-state index in [-0.39, 0.29) is 0 Å². The van der Waals surface area contributed by atoms with Crippen LogP contribution in [0.25, 0.3) is 164 Å². The standard InChI is InChI=1S/C46H30.C24H15Br.C22H17BO2/c1-2-14-33-29-38(27-26-31(33)12-1)46-43-23-7-5-21-41(43)45(42-22-6-8-24-44(42)46)37-19-10-17-35(30-37)34-16-9-18-36(28-34)40-25-11-15-32-13-3-4-20-39(32)40;25-24-21-11-5-3-9-19(21)23(20-10-4-6-12-22(20)24)18-14-13-16-7-1-2-8-17(16)15-18;24-23(25)20-11-4-9-18(15-20)17-8-3-10-19(14-17)22-13-5-7-16-6-1-2-12-21(16)22/h1-30H;1-15H;1-15,24-25H. The fourth-order valence-corrected chi connectivity index (χ4v) is 14.9. The number of hydrogen-bond donors (Lipinski definition) is 2. The van der Waals surface area contributed by atoms with Crippen LogP contribution in [0.2, 0.25) is 0 Å². The van der Waals surface area contributed by atoms with Gasteiger partial charge in [-0.05, 0) is 216 Å². The average Bonchev–Trinajstić information content (AvgIpc) is 0.748. The van der Waals surface area contributed by atoms with Crippen molar-refractivity contribution in [3.63, 3.8) is 0 Å². The molecular weight excluding hydrogens is 1230 g/mol. The van der Waals surface area contributed by atoms with Gasteiger partial charge in [0.1, 0.15) is 0 Å². The highest BCUT2D eigenvalue weighted by molar-refractivity contribution is 9.10. The Morgan fingerprint density at radius 3 is 0.865 bits per heavy atom. The van der Waals surface area contributed by atoms with Crippen molar-refractivity contribution in [1.29, 1.82) is 0 Å². The normalized spacial score (nSPS) is 11.3. The van der Waals surface area contributed by atoms with E-state index in [1.807, 2.05) is 36.4 Å². The molecule has 0 aromatic heterocycles. The van der Waals surface area contributed by atoms with Crippen LogP contribution in [0.4, 0.5) is 0 Å². The molecule has 0 aliphatic carbocycles. The first-order valence-electron chi connectivity index (χ1n) is 32.6. The first-order valence-corrected chi connectivity index (χ1v) is 33.4. The van der Waals surface area contributed by atoms with E-state index in [4.69, 9.17) is 0 Å². The first kappa shape index (κ1) is 59.5. The van der Waals surface area contributed by atoms with Crippen molar-refractivity contribution in [2.24, 2.45) is 0 Å². The van der Waals surface area contributed by atoms with Crippen LogP contribution in [0, 0.1) is 0 Å². The lowest BCUT2D eigenvalue weighted by atomic mass is 9.79. The minimum absolute atomic E-state index is 0.494. The molecule has 18 aromatic rings. The summed E-state index contributed by atoms with van der Waals surface area (Å²) in [5.74, 6) is 0. The van der Waals surface area contributed by atoms with E-state index >= 15 is 0 Å². The molecule has 0 atom stereocenters. The molecule has 452 valence electrons. The maximum atomic E-state index is 9.40. The Labute approximate surface area is 567 Å². The van der Waals surface area contributed by atoms with E-state index in [0.717, 1.165) is 16.7 Å². The van der Waals surface area contributed by atoms with Gasteiger partial charge in [0.15, 0.2) is 0 Å². The molecule has 0 unspecified atom stereocenters. The predicted octanol–water partition coefficient (Wildman–Crippen LogP) is 24.4. The van der Waals surface area contributed by atoms with Crippen molar-refractivity contribution in [3.8, 4) is 77.9 Å². The average molecular weight is 1290 g/mol. The van der Waals surface area contributed by atoms with Gasteiger partial charge in [-0.25, -0.2) is 0 Å². The van der Waals surface area contributed by atoms with Crippen molar-refractivity contribution < 1.29 is 10.0 Å². The summed E-state index contributed by atoms with van der Waals surface area (Å²) in [6, 6.07) is 129. The monoisotopic (exact) mass is 1290 g/mol. The second-order valence-corrected chi connectivity index (χ2v) is 25.3. The van der Waals surface area contributed by atoms with Crippen LogP contribution < -0.4 is 5.46 Å². The number of fused-ring (bicyclic) bond motifs is 8. The highest BCUT2D eigenvalue weighted by atomic mass is 79.9. The van der Waals surface area contributed by atoms with Crippen molar-refractivity contribution in [3.05, 3.63) is 368 Å². The Hall–Kier alpha value is -11.5. The minimum atomic E-state index is -1.46. The molecule has 2 N–H and O–H groups in total. The maximum Gasteiger partial charge on any atom is 0.488 e. The quantitative estimate of drug-likeness (QED) is 0.118. The molecule has 0 radical (unpaired) electrons. The fraction of sp³-hybridized carbons (Fsp3) is 0. The molecule has 0 amide bonds. The third-order valence-corrected chi connectivity index (χ3v) is 19.7. The predicted molar refractivity (Wildman–Crippen MR) is 415 cm³/mol. The van der Waals surface area contributed by atoms with Gasteiger partial charge in [0.05, 0.1) is 0 Å². The molecule has 18 rings (SSSR count). The largest absolute Gasteiger partial charge is 0.488 e. The Morgan fingerprint density at radius 2 is 0.458 bits per heavy atom. The van der Waals surface area contributed by atoms with Crippen LogP contribution in [0.3, 0.4) is 0 Å². The number of benzene rings is 18. The van der Waals surface area contributed by atoms with E-state index < -0.39 is 7.12 Å². The second-order valence-electron chi connectivity index (χ2n) is 24.5. The molecule has 0 bridgehead atoms. The Bertz CT molecular complexity index is 5870. The summed E-state index contributed by atoms with van der Waals surface area (Å²) in [4.78, 5) is 0. The SMILES string of the molecule is Brc1c2ccccc2c(-c2ccc3ccccc3c2)c2ccccc12.OB(O)c1cccc(-c2cccc(-c3cccc4ccccc34)c2)c1.c1cc(-c2cccc(-c3c4ccccc4c(-c4ccc5ccccc5c4)c4ccccc34)c2)cc(-c2cccc3ccccc23)c1. The van der Waals surface area contributed by atoms with E-state index in [2.05, 4.69) is 337 Å². The smallest absolute Gasteiger partial charge is 0.423 e. The van der Waals surface area contributed by atoms with Gasteiger partial charge in [-0.3, -0.25) is 0 Å². The van der Waals surface area contributed by atoms with E-state index in [1.165, 1.54) is 152 Å². The first-order chi connectivity index (χ1) is 47.4. The fourth-order valence-electron chi connectivity index (χ4n) is 14.2. The van der Waals surface area contributed by atoms with Gasteiger partial charge in [0, 0.05) is 4.47 Å². The van der Waals surface area contributed by atoms with Crippen LogP contribution in [0.5, 0.6) is 0 Å². The summed E-state index contributed by atoms with van der Waals surface area (Å²) in [6.45, 7) is 0. The van der Waals surface area contributed by atoms with E-state index in [0.29, 0.717) is 5.46 Å². The third kappa shape index (κ3) is 11.5. The highest BCUT2D eigenvalue weighted by Gasteiger charge is 2.19. The van der Waals surface area contributed by atoms with Crippen LogP contribution in [0.1, 0.15) is 0 Å². The van der Waals surface area contributed by atoms with Gasteiger partial charge in [-0.2, -0.15) is 0 Å². The second kappa shape index (κ2) is 26.1. The molecule has 0 aliphatic heterocycles. The molecule has 4 heteroatoms. The van der Waals surface area contributed by atoms with Gasteiger partial charge < -0.3 is 10.0 Å². The molecule has 2 nitrogen and oxygen atoms in total. The van der Waals surface area contributed by atoms with Crippen LogP contribution in [-0.4, -0.2) is 17.2 Å². The summed E-state index contributed by atoms with van der Waals surface area (Å²) in [6.07, 6.45) is 0. The third-order valence-electron chi connectivity index (χ3n) is 18.8. The maximum absolute atomic E-state index is 9.40. The number of halogens is 1.